The summed E-state index contributed by atoms with van der Waals surface area (Å²) in [4.78, 5) is 24.4. The fourth-order valence-corrected chi connectivity index (χ4v) is 2.30. The third kappa shape index (κ3) is 5.40. The van der Waals surface area contributed by atoms with Gasteiger partial charge in [-0.3, -0.25) is 14.8 Å². The maximum absolute atomic E-state index is 12.0. The quantitative estimate of drug-likeness (QED) is 0.457. The predicted molar refractivity (Wildman–Crippen MR) is 103 cm³/mol. The number of carbonyl (C=O) groups is 1. The van der Waals surface area contributed by atoms with Gasteiger partial charge in [-0.1, -0.05) is 18.2 Å². The lowest BCUT2D eigenvalue weighted by atomic mass is 10.2. The van der Waals surface area contributed by atoms with Crippen molar-refractivity contribution in [2.45, 2.75) is 6.54 Å². The molecule has 3 rings (SSSR count). The molecular formula is C19H20N6O2. The summed E-state index contributed by atoms with van der Waals surface area (Å²) in [6, 6.07) is 13.2. The summed E-state index contributed by atoms with van der Waals surface area (Å²) < 4.78 is 5.50. The molecule has 0 radical (unpaired) electrons. The number of hydrogen-bond donors (Lipinski definition) is 3. The van der Waals surface area contributed by atoms with Crippen LogP contribution in [0.25, 0.3) is 11.5 Å². The Morgan fingerprint density at radius 1 is 1.15 bits per heavy atom. The van der Waals surface area contributed by atoms with E-state index >= 15 is 0 Å². The van der Waals surface area contributed by atoms with Crippen LogP contribution in [0.2, 0.25) is 0 Å². The van der Waals surface area contributed by atoms with E-state index in [2.05, 4.69) is 30.9 Å². The number of hydrogen-bond acceptors (Lipinski definition) is 5. The molecule has 0 aliphatic rings. The molecule has 0 aliphatic carbocycles. The van der Waals surface area contributed by atoms with Gasteiger partial charge >= 0.3 is 0 Å². The van der Waals surface area contributed by atoms with Gasteiger partial charge in [-0.05, 0) is 24.3 Å². The second-order valence-corrected chi connectivity index (χ2v) is 5.58. The molecule has 0 saturated heterocycles. The summed E-state index contributed by atoms with van der Waals surface area (Å²) in [5.41, 5.74) is 2.29. The fourth-order valence-electron chi connectivity index (χ4n) is 2.30. The number of anilines is 1. The van der Waals surface area contributed by atoms with Crippen molar-refractivity contribution in [3.8, 4) is 11.5 Å². The molecule has 0 saturated carbocycles. The molecule has 138 valence electrons. The van der Waals surface area contributed by atoms with Crippen LogP contribution in [0.4, 0.5) is 5.69 Å². The molecule has 1 amide bonds. The maximum Gasteiger partial charge on any atom is 0.243 e. The van der Waals surface area contributed by atoms with Gasteiger partial charge in [0.25, 0.3) is 0 Å². The Hall–Kier alpha value is -3.68. The molecule has 0 bridgehead atoms. The van der Waals surface area contributed by atoms with Crippen molar-refractivity contribution in [1.82, 2.24) is 20.6 Å². The monoisotopic (exact) mass is 364 g/mol. The normalized spacial score (nSPS) is 11.1. The highest BCUT2D eigenvalue weighted by atomic mass is 16.3. The summed E-state index contributed by atoms with van der Waals surface area (Å²) >= 11 is 0. The van der Waals surface area contributed by atoms with Gasteiger partial charge in [-0.25, -0.2) is 4.98 Å². The first-order valence-corrected chi connectivity index (χ1v) is 8.39. The minimum atomic E-state index is -0.196. The standard InChI is InChI=1S/C19H20N6O2/c1-20-19(23-12-17(26)24-15-8-5-9-21-10-15)22-11-16-13-27-18(25-16)14-6-3-2-4-7-14/h2-10,13H,11-12H2,1H3,(H,24,26)(H2,20,22,23). The lowest BCUT2D eigenvalue weighted by Gasteiger charge is -2.11. The van der Waals surface area contributed by atoms with E-state index in [0.717, 1.165) is 11.3 Å². The van der Waals surface area contributed by atoms with Crippen molar-refractivity contribution in [1.29, 1.82) is 0 Å². The van der Waals surface area contributed by atoms with Gasteiger partial charge in [-0.15, -0.1) is 0 Å². The second-order valence-electron chi connectivity index (χ2n) is 5.58. The fraction of sp³-hybridized carbons (Fsp3) is 0.158. The average Bonchev–Trinajstić information content (AvgIpc) is 3.19. The summed E-state index contributed by atoms with van der Waals surface area (Å²) in [7, 11) is 1.63. The highest BCUT2D eigenvalue weighted by Crippen LogP contribution is 2.17. The van der Waals surface area contributed by atoms with E-state index in [1.165, 1.54) is 0 Å². The summed E-state index contributed by atoms with van der Waals surface area (Å²) in [6.07, 6.45) is 4.82. The highest BCUT2D eigenvalue weighted by molar-refractivity contribution is 5.94. The van der Waals surface area contributed by atoms with Crippen molar-refractivity contribution >= 4 is 17.6 Å². The second kappa shape index (κ2) is 9.14. The molecule has 3 aromatic rings. The Morgan fingerprint density at radius 3 is 2.74 bits per heavy atom. The van der Waals surface area contributed by atoms with E-state index < -0.39 is 0 Å². The highest BCUT2D eigenvalue weighted by Gasteiger charge is 2.08. The zero-order valence-electron chi connectivity index (χ0n) is 14.8. The molecule has 0 unspecified atom stereocenters. The lowest BCUT2D eigenvalue weighted by molar-refractivity contribution is -0.115. The summed E-state index contributed by atoms with van der Waals surface area (Å²) in [5.74, 6) is 0.852. The molecule has 0 fully saturated rings. The van der Waals surface area contributed by atoms with Gasteiger partial charge in [0.2, 0.25) is 11.8 Å². The molecule has 0 atom stereocenters. The van der Waals surface area contributed by atoms with Crippen LogP contribution in [0.1, 0.15) is 5.69 Å². The number of carbonyl (C=O) groups excluding carboxylic acids is 1. The number of aromatic nitrogens is 2. The minimum Gasteiger partial charge on any atom is -0.444 e. The number of aliphatic imine (C=N–C) groups is 1. The van der Waals surface area contributed by atoms with Gasteiger partial charge < -0.3 is 20.4 Å². The van der Waals surface area contributed by atoms with Crippen LogP contribution in [0.5, 0.6) is 0 Å². The smallest absolute Gasteiger partial charge is 0.243 e. The molecule has 3 N–H and O–H groups in total. The van der Waals surface area contributed by atoms with Crippen LogP contribution in [0.3, 0.4) is 0 Å². The van der Waals surface area contributed by atoms with Crippen molar-refractivity contribution in [3.05, 3.63) is 66.8 Å². The van der Waals surface area contributed by atoms with Gasteiger partial charge in [-0.2, -0.15) is 0 Å². The van der Waals surface area contributed by atoms with Crippen molar-refractivity contribution in [2.24, 2.45) is 4.99 Å². The third-order valence-corrected chi connectivity index (χ3v) is 3.59. The van der Waals surface area contributed by atoms with Crippen LogP contribution in [-0.2, 0) is 11.3 Å². The zero-order valence-corrected chi connectivity index (χ0v) is 14.8. The van der Waals surface area contributed by atoms with E-state index in [0.29, 0.717) is 24.1 Å². The zero-order chi connectivity index (χ0) is 18.9. The molecule has 1 aromatic carbocycles. The average molecular weight is 364 g/mol. The van der Waals surface area contributed by atoms with Gasteiger partial charge in [0.15, 0.2) is 5.96 Å². The van der Waals surface area contributed by atoms with Gasteiger partial charge in [0.05, 0.1) is 30.7 Å². The Labute approximate surface area is 156 Å². The first kappa shape index (κ1) is 18.1. The van der Waals surface area contributed by atoms with E-state index in [-0.39, 0.29) is 12.5 Å². The van der Waals surface area contributed by atoms with Crippen LogP contribution >= 0.6 is 0 Å². The molecular weight excluding hydrogens is 344 g/mol. The van der Waals surface area contributed by atoms with Crippen molar-refractivity contribution < 1.29 is 9.21 Å². The number of amides is 1. The van der Waals surface area contributed by atoms with Gasteiger partial charge in [0.1, 0.15) is 6.26 Å². The molecule has 0 aliphatic heterocycles. The third-order valence-electron chi connectivity index (χ3n) is 3.59. The van der Waals surface area contributed by atoms with E-state index in [1.807, 2.05) is 30.3 Å². The molecule has 8 heteroatoms. The number of nitrogens with zero attached hydrogens (tertiary/aromatic N) is 3. The SMILES string of the molecule is CN=C(NCC(=O)Nc1cccnc1)NCc1coc(-c2ccccc2)n1. The number of rotatable bonds is 6. The van der Waals surface area contributed by atoms with E-state index in [9.17, 15) is 4.79 Å². The maximum atomic E-state index is 12.0. The van der Waals surface area contributed by atoms with E-state index in [4.69, 9.17) is 4.42 Å². The number of nitrogens with one attached hydrogen (secondary N) is 3. The van der Waals surface area contributed by atoms with Gasteiger partial charge in [0, 0.05) is 18.8 Å². The van der Waals surface area contributed by atoms with E-state index in [1.54, 1.807) is 37.8 Å². The number of oxazole rings is 1. The summed E-state index contributed by atoms with van der Waals surface area (Å²) in [6.45, 7) is 0.489. The molecule has 2 heterocycles. The summed E-state index contributed by atoms with van der Waals surface area (Å²) in [5, 5.41) is 8.78. The topological polar surface area (TPSA) is 104 Å². The first-order chi connectivity index (χ1) is 13.2. The van der Waals surface area contributed by atoms with Crippen LogP contribution in [0.15, 0.2) is 70.5 Å². The van der Waals surface area contributed by atoms with Crippen LogP contribution in [0, 0.1) is 0 Å². The Kier molecular flexibility index (Phi) is 6.13. The molecule has 2 aromatic heterocycles. The number of pyridine rings is 1. The van der Waals surface area contributed by atoms with Crippen LogP contribution < -0.4 is 16.0 Å². The van der Waals surface area contributed by atoms with Crippen LogP contribution in [-0.4, -0.2) is 35.4 Å². The Balaban J connectivity index is 1.47. The Bertz CT molecular complexity index is 893. The number of benzene rings is 1. The Morgan fingerprint density at radius 2 is 2.00 bits per heavy atom. The molecule has 27 heavy (non-hydrogen) atoms. The molecule has 8 nitrogen and oxygen atoms in total. The molecule has 0 spiro atoms. The van der Waals surface area contributed by atoms with Crippen molar-refractivity contribution in [2.75, 3.05) is 18.9 Å². The lowest BCUT2D eigenvalue weighted by Crippen LogP contribution is -2.41. The minimum absolute atomic E-state index is 0.0721. The predicted octanol–water partition coefficient (Wildman–Crippen LogP) is 2.04. The first-order valence-electron chi connectivity index (χ1n) is 8.39. The van der Waals surface area contributed by atoms with Crippen molar-refractivity contribution in [3.63, 3.8) is 0 Å². The number of guanidine groups is 1. The largest absolute Gasteiger partial charge is 0.444 e.